The van der Waals surface area contributed by atoms with E-state index in [-0.39, 0.29) is 29.4 Å². The molecule has 194 valence electrons. The molecular weight excluding hydrogens is 464 g/mol. The van der Waals surface area contributed by atoms with E-state index in [2.05, 4.69) is 15.6 Å². The summed E-state index contributed by atoms with van der Waals surface area (Å²) in [6, 6.07) is 9.40. The van der Waals surface area contributed by atoms with Crippen LogP contribution in [0.1, 0.15) is 54.4 Å². The fourth-order valence-electron chi connectivity index (χ4n) is 3.13. The van der Waals surface area contributed by atoms with Crippen molar-refractivity contribution in [3.8, 4) is 5.75 Å². The van der Waals surface area contributed by atoms with E-state index >= 15 is 0 Å². The largest absolute Gasteiger partial charge is 0.508 e. The molecule has 0 bridgehead atoms. The van der Waals surface area contributed by atoms with Gasteiger partial charge in [0.25, 0.3) is 0 Å². The van der Waals surface area contributed by atoms with Crippen molar-refractivity contribution >= 4 is 35.1 Å². The average molecular weight is 499 g/mol. The van der Waals surface area contributed by atoms with Gasteiger partial charge < -0.3 is 38.0 Å². The number of carbonyl (C=O) groups is 3. The summed E-state index contributed by atoms with van der Waals surface area (Å²) in [5, 5.41) is 24.3. The molecule has 0 spiro atoms. The molecule has 1 fully saturated rings. The maximum atomic E-state index is 12.5. The molecule has 3 rings (SSSR count). The second-order valence-corrected chi connectivity index (χ2v) is 8.42. The fourth-order valence-corrected chi connectivity index (χ4v) is 3.13. The number of carboxylic acid groups (broad SMARTS) is 1. The Morgan fingerprint density at radius 1 is 0.944 bits per heavy atom. The van der Waals surface area contributed by atoms with Crippen LogP contribution in [0.4, 0.5) is 11.4 Å². The van der Waals surface area contributed by atoms with Crippen molar-refractivity contribution < 1.29 is 24.6 Å². The van der Waals surface area contributed by atoms with E-state index in [1.54, 1.807) is 12.1 Å². The molecule has 2 amide bonds. The molecule has 0 aliphatic heterocycles. The SMILES string of the molecule is C1CCC1.NC(=O)C(CCCN=C(N)N)Nc1ccc(C(=O)O)cc1NC(=O)Cc1ccc(O)cc1. The van der Waals surface area contributed by atoms with Crippen molar-refractivity contribution in [3.63, 3.8) is 0 Å². The van der Waals surface area contributed by atoms with Crippen LogP contribution >= 0.6 is 0 Å². The smallest absolute Gasteiger partial charge is 0.335 e. The Kier molecular flexibility index (Phi) is 11.0. The number of phenolic OH excluding ortho intramolecular Hbond substituents is 1. The number of guanidine groups is 1. The molecule has 0 aromatic heterocycles. The van der Waals surface area contributed by atoms with Crippen molar-refractivity contribution in [3.05, 3.63) is 53.6 Å². The lowest BCUT2D eigenvalue weighted by molar-refractivity contribution is -0.119. The molecular formula is C25H34N6O5. The zero-order chi connectivity index (χ0) is 26.5. The minimum absolute atomic E-state index is 0.00518. The Bertz CT molecular complexity index is 1060. The molecule has 11 heteroatoms. The van der Waals surface area contributed by atoms with Crippen LogP contribution in [0.3, 0.4) is 0 Å². The zero-order valence-corrected chi connectivity index (χ0v) is 20.1. The second kappa shape index (κ2) is 14.2. The quantitative estimate of drug-likeness (QED) is 0.138. The number of amides is 2. The number of hydrogen-bond donors (Lipinski definition) is 7. The molecule has 0 heterocycles. The van der Waals surface area contributed by atoms with Crippen LogP contribution in [0, 0.1) is 0 Å². The van der Waals surface area contributed by atoms with Crippen molar-refractivity contribution in [2.75, 3.05) is 17.2 Å². The molecule has 2 aromatic carbocycles. The molecule has 0 saturated heterocycles. The Labute approximate surface area is 209 Å². The monoisotopic (exact) mass is 498 g/mol. The van der Waals surface area contributed by atoms with Gasteiger partial charge in [0.05, 0.1) is 23.4 Å². The summed E-state index contributed by atoms with van der Waals surface area (Å²) in [6.45, 7) is 0.308. The molecule has 1 unspecified atom stereocenters. The van der Waals surface area contributed by atoms with E-state index in [1.807, 2.05) is 0 Å². The van der Waals surface area contributed by atoms with Gasteiger partial charge in [0, 0.05) is 6.54 Å². The lowest BCUT2D eigenvalue weighted by Gasteiger charge is -2.20. The number of anilines is 2. The van der Waals surface area contributed by atoms with Gasteiger partial charge in [0.2, 0.25) is 11.8 Å². The third-order valence-electron chi connectivity index (χ3n) is 5.46. The first kappa shape index (κ1) is 28.0. The van der Waals surface area contributed by atoms with Crippen LogP contribution in [-0.4, -0.2) is 46.5 Å². The lowest BCUT2D eigenvalue weighted by atomic mass is 10.0. The van der Waals surface area contributed by atoms with Crippen LogP contribution < -0.4 is 27.8 Å². The third kappa shape index (κ3) is 9.92. The molecule has 0 radical (unpaired) electrons. The Morgan fingerprint density at radius 2 is 1.58 bits per heavy atom. The standard InChI is InChI=1S/C21H26N6O5.C4H8/c22-19(30)16(2-1-9-25-21(23)24)26-15-8-5-13(20(31)32)11-17(15)27-18(29)10-12-3-6-14(28)7-4-12;1-2-4-3-1/h3-8,11,16,26,28H,1-2,9-10H2,(H2,22,30)(H,27,29)(H,31,32)(H4,23,24,25);1-4H2. The predicted molar refractivity (Wildman–Crippen MR) is 139 cm³/mol. The number of nitrogens with zero attached hydrogens (tertiary/aromatic N) is 1. The van der Waals surface area contributed by atoms with Crippen molar-refractivity contribution in [1.29, 1.82) is 0 Å². The van der Waals surface area contributed by atoms with Crippen LogP contribution in [0.15, 0.2) is 47.5 Å². The Morgan fingerprint density at radius 3 is 2.11 bits per heavy atom. The number of aliphatic imine (C=N–C) groups is 1. The maximum absolute atomic E-state index is 12.5. The van der Waals surface area contributed by atoms with E-state index in [4.69, 9.17) is 17.2 Å². The molecule has 36 heavy (non-hydrogen) atoms. The van der Waals surface area contributed by atoms with Crippen LogP contribution in [0.25, 0.3) is 0 Å². The van der Waals surface area contributed by atoms with Crippen molar-refractivity contribution in [2.45, 2.75) is 51.0 Å². The van der Waals surface area contributed by atoms with Crippen LogP contribution in [-0.2, 0) is 16.0 Å². The van der Waals surface area contributed by atoms with E-state index in [9.17, 15) is 24.6 Å². The summed E-state index contributed by atoms with van der Waals surface area (Å²) < 4.78 is 0. The molecule has 1 aliphatic carbocycles. The number of hydrogen-bond acceptors (Lipinski definition) is 6. The number of nitrogens with one attached hydrogen (secondary N) is 2. The first-order valence-electron chi connectivity index (χ1n) is 11.7. The number of carboxylic acids is 1. The molecule has 11 nitrogen and oxygen atoms in total. The molecule has 1 aliphatic rings. The van der Waals surface area contributed by atoms with Crippen LogP contribution in [0.2, 0.25) is 0 Å². The topological polar surface area (TPSA) is 206 Å². The van der Waals surface area contributed by atoms with E-state index < -0.39 is 23.8 Å². The van der Waals surface area contributed by atoms with E-state index in [0.717, 1.165) is 0 Å². The summed E-state index contributed by atoms with van der Waals surface area (Å²) in [7, 11) is 0. The van der Waals surface area contributed by atoms with E-state index in [0.29, 0.717) is 30.6 Å². The Hall–Kier alpha value is -4.28. The van der Waals surface area contributed by atoms with Gasteiger partial charge in [0.1, 0.15) is 11.8 Å². The second-order valence-electron chi connectivity index (χ2n) is 8.42. The van der Waals surface area contributed by atoms with Crippen LogP contribution in [0.5, 0.6) is 5.75 Å². The van der Waals surface area contributed by atoms with Crippen molar-refractivity contribution in [2.24, 2.45) is 22.2 Å². The van der Waals surface area contributed by atoms with Gasteiger partial charge in [-0.25, -0.2) is 4.79 Å². The number of aromatic carboxylic acids is 1. The van der Waals surface area contributed by atoms with Crippen molar-refractivity contribution in [1.82, 2.24) is 0 Å². The Balaban J connectivity index is 0.00000103. The lowest BCUT2D eigenvalue weighted by Crippen LogP contribution is -2.36. The highest BCUT2D eigenvalue weighted by molar-refractivity contribution is 5.99. The number of primary amides is 1. The van der Waals surface area contributed by atoms with Gasteiger partial charge in [0.15, 0.2) is 5.96 Å². The number of rotatable bonds is 11. The van der Waals surface area contributed by atoms with Gasteiger partial charge in [-0.05, 0) is 48.7 Å². The van der Waals surface area contributed by atoms with Gasteiger partial charge in [-0.2, -0.15) is 0 Å². The summed E-state index contributed by atoms with van der Waals surface area (Å²) >= 11 is 0. The minimum Gasteiger partial charge on any atom is -0.508 e. The minimum atomic E-state index is -1.17. The number of benzene rings is 2. The molecule has 10 N–H and O–H groups in total. The zero-order valence-electron chi connectivity index (χ0n) is 20.1. The summed E-state index contributed by atoms with van der Waals surface area (Å²) in [4.78, 5) is 39.6. The number of carbonyl (C=O) groups excluding carboxylic acids is 2. The highest BCUT2D eigenvalue weighted by atomic mass is 16.4. The van der Waals surface area contributed by atoms with Gasteiger partial charge in [-0.15, -0.1) is 0 Å². The first-order chi connectivity index (χ1) is 17.2. The molecule has 1 atom stereocenters. The summed E-state index contributed by atoms with van der Waals surface area (Å²) in [6.07, 6.45) is 6.77. The highest BCUT2D eigenvalue weighted by Gasteiger charge is 2.18. The predicted octanol–water partition coefficient (Wildman–Crippen LogP) is 2.15. The third-order valence-corrected chi connectivity index (χ3v) is 5.46. The normalized spacial score (nSPS) is 12.7. The van der Waals surface area contributed by atoms with Gasteiger partial charge >= 0.3 is 5.97 Å². The number of nitrogens with two attached hydrogens (primary N) is 3. The van der Waals surface area contributed by atoms with E-state index in [1.165, 1.54) is 56.0 Å². The highest BCUT2D eigenvalue weighted by Crippen LogP contribution is 2.25. The van der Waals surface area contributed by atoms with Gasteiger partial charge in [-0.1, -0.05) is 37.8 Å². The molecule has 1 saturated carbocycles. The number of phenols is 1. The number of aromatic hydroxyl groups is 1. The molecule has 2 aromatic rings. The maximum Gasteiger partial charge on any atom is 0.335 e. The average Bonchev–Trinajstić information content (AvgIpc) is 2.76. The summed E-state index contributed by atoms with van der Waals surface area (Å²) in [5.41, 5.74) is 17.2. The van der Waals surface area contributed by atoms with Gasteiger partial charge in [-0.3, -0.25) is 14.6 Å². The summed E-state index contributed by atoms with van der Waals surface area (Å²) in [5.74, 6) is -2.19. The fraction of sp³-hybridized carbons (Fsp3) is 0.360. The first-order valence-corrected chi connectivity index (χ1v) is 11.7.